The monoisotopic (exact) mass is 290 g/mol. The van der Waals surface area contributed by atoms with Crippen molar-refractivity contribution in [3.63, 3.8) is 0 Å². The van der Waals surface area contributed by atoms with Gasteiger partial charge in [0, 0.05) is 37.8 Å². The van der Waals surface area contributed by atoms with Gasteiger partial charge in [0.05, 0.1) is 6.54 Å². The third kappa shape index (κ3) is 3.19. The Morgan fingerprint density at radius 3 is 2.57 bits per heavy atom. The number of rotatable bonds is 4. The van der Waals surface area contributed by atoms with E-state index in [0.717, 1.165) is 31.9 Å². The summed E-state index contributed by atoms with van der Waals surface area (Å²) in [6.07, 6.45) is 0. The molecule has 0 saturated carbocycles. The number of ether oxygens (including phenoxy) is 2. The summed E-state index contributed by atoms with van der Waals surface area (Å²) in [5.74, 6) is 1.54. The molecular weight excluding hydrogens is 268 g/mol. The van der Waals surface area contributed by atoms with E-state index in [1.807, 2.05) is 12.1 Å². The Labute approximate surface area is 125 Å². The molecule has 0 atom stereocenters. The summed E-state index contributed by atoms with van der Waals surface area (Å²) >= 11 is 0. The highest BCUT2D eigenvalue weighted by Gasteiger charge is 2.22. The molecule has 0 spiro atoms. The molecular formula is C16H22N2O3. The van der Waals surface area contributed by atoms with Gasteiger partial charge in [-0.1, -0.05) is 0 Å². The lowest BCUT2D eigenvalue weighted by atomic mass is 10.1. The standard InChI is InChI=1S/C16H22N2O3/c1-12(2)18-7-5-17(6-8-18)10-14(19)13-3-4-15-16(9-13)21-11-20-15/h3-4,9,12H,5-8,10-11H2,1-2H3. The van der Waals surface area contributed by atoms with Gasteiger partial charge >= 0.3 is 0 Å². The summed E-state index contributed by atoms with van der Waals surface area (Å²) in [6.45, 7) is 9.12. The fraction of sp³-hybridized carbons (Fsp3) is 0.562. The highest BCUT2D eigenvalue weighted by molar-refractivity contribution is 5.98. The number of nitrogens with zero attached hydrogens (tertiary/aromatic N) is 2. The van der Waals surface area contributed by atoms with Gasteiger partial charge in [0.2, 0.25) is 6.79 Å². The Morgan fingerprint density at radius 2 is 1.86 bits per heavy atom. The first-order valence-electron chi connectivity index (χ1n) is 7.53. The lowest BCUT2D eigenvalue weighted by Gasteiger charge is -2.36. The van der Waals surface area contributed by atoms with Crippen molar-refractivity contribution in [2.75, 3.05) is 39.5 Å². The third-order valence-electron chi connectivity index (χ3n) is 4.20. The molecule has 3 rings (SSSR count). The van der Waals surface area contributed by atoms with Crippen LogP contribution in [0.25, 0.3) is 0 Å². The van der Waals surface area contributed by atoms with E-state index in [1.54, 1.807) is 6.07 Å². The molecule has 0 radical (unpaired) electrons. The lowest BCUT2D eigenvalue weighted by molar-refractivity contribution is 0.0807. The summed E-state index contributed by atoms with van der Waals surface area (Å²) in [7, 11) is 0. The van der Waals surface area contributed by atoms with Gasteiger partial charge < -0.3 is 9.47 Å². The molecule has 1 fully saturated rings. The average Bonchev–Trinajstić information content (AvgIpc) is 2.95. The van der Waals surface area contributed by atoms with Crippen LogP contribution in [-0.2, 0) is 0 Å². The van der Waals surface area contributed by atoms with Crippen LogP contribution in [0, 0.1) is 0 Å². The fourth-order valence-corrected chi connectivity index (χ4v) is 2.80. The maximum Gasteiger partial charge on any atom is 0.231 e. The molecule has 1 aromatic rings. The highest BCUT2D eigenvalue weighted by Crippen LogP contribution is 2.32. The van der Waals surface area contributed by atoms with Gasteiger partial charge in [0.25, 0.3) is 0 Å². The molecule has 0 amide bonds. The molecule has 0 aromatic heterocycles. The van der Waals surface area contributed by atoms with Crippen molar-refractivity contribution in [3.05, 3.63) is 23.8 Å². The molecule has 0 unspecified atom stereocenters. The number of carbonyl (C=O) groups is 1. The summed E-state index contributed by atoms with van der Waals surface area (Å²) in [5.41, 5.74) is 0.700. The molecule has 0 aliphatic carbocycles. The fourth-order valence-electron chi connectivity index (χ4n) is 2.80. The zero-order chi connectivity index (χ0) is 14.8. The van der Waals surface area contributed by atoms with Crippen molar-refractivity contribution in [1.29, 1.82) is 0 Å². The van der Waals surface area contributed by atoms with Gasteiger partial charge in [-0.2, -0.15) is 0 Å². The minimum Gasteiger partial charge on any atom is -0.454 e. The molecule has 2 heterocycles. The Balaban J connectivity index is 1.57. The molecule has 2 aliphatic heterocycles. The van der Waals surface area contributed by atoms with E-state index in [4.69, 9.17) is 9.47 Å². The van der Waals surface area contributed by atoms with Gasteiger partial charge in [-0.25, -0.2) is 0 Å². The molecule has 1 saturated heterocycles. The molecule has 5 nitrogen and oxygen atoms in total. The van der Waals surface area contributed by atoms with Gasteiger partial charge in [-0.05, 0) is 32.0 Å². The van der Waals surface area contributed by atoms with E-state index >= 15 is 0 Å². The van der Waals surface area contributed by atoms with Crippen molar-refractivity contribution >= 4 is 5.78 Å². The zero-order valence-electron chi connectivity index (χ0n) is 12.7. The van der Waals surface area contributed by atoms with Crippen molar-refractivity contribution in [1.82, 2.24) is 9.80 Å². The van der Waals surface area contributed by atoms with E-state index < -0.39 is 0 Å². The lowest BCUT2D eigenvalue weighted by Crippen LogP contribution is -2.50. The topological polar surface area (TPSA) is 42.0 Å². The first-order valence-corrected chi connectivity index (χ1v) is 7.53. The predicted octanol–water partition coefficient (Wildman–Crippen LogP) is 1.62. The minimum atomic E-state index is 0.145. The van der Waals surface area contributed by atoms with E-state index in [-0.39, 0.29) is 12.6 Å². The van der Waals surface area contributed by atoms with Crippen molar-refractivity contribution in [2.24, 2.45) is 0 Å². The molecule has 21 heavy (non-hydrogen) atoms. The number of benzene rings is 1. The zero-order valence-corrected chi connectivity index (χ0v) is 12.7. The van der Waals surface area contributed by atoms with Gasteiger partial charge in [-0.15, -0.1) is 0 Å². The smallest absolute Gasteiger partial charge is 0.231 e. The van der Waals surface area contributed by atoms with Gasteiger partial charge in [-0.3, -0.25) is 14.6 Å². The number of piperazine rings is 1. The number of fused-ring (bicyclic) bond motifs is 1. The predicted molar refractivity (Wildman–Crippen MR) is 80.0 cm³/mol. The second-order valence-corrected chi connectivity index (χ2v) is 5.90. The van der Waals surface area contributed by atoms with Crippen LogP contribution in [0.5, 0.6) is 11.5 Å². The highest BCUT2D eigenvalue weighted by atomic mass is 16.7. The molecule has 5 heteroatoms. The number of ketones is 1. The number of hydrogen-bond acceptors (Lipinski definition) is 5. The second kappa shape index (κ2) is 6.03. The van der Waals surface area contributed by atoms with E-state index in [9.17, 15) is 4.79 Å². The van der Waals surface area contributed by atoms with E-state index in [2.05, 4.69) is 23.6 Å². The van der Waals surface area contributed by atoms with Crippen molar-refractivity contribution < 1.29 is 14.3 Å². The third-order valence-corrected chi connectivity index (χ3v) is 4.20. The summed E-state index contributed by atoms with van der Waals surface area (Å²) in [4.78, 5) is 17.1. The van der Waals surface area contributed by atoms with Crippen LogP contribution in [-0.4, -0.2) is 61.1 Å². The SMILES string of the molecule is CC(C)N1CCN(CC(=O)c2ccc3c(c2)OCO3)CC1. The molecule has 1 aromatic carbocycles. The van der Waals surface area contributed by atoms with Crippen LogP contribution in [0.3, 0.4) is 0 Å². The first-order chi connectivity index (χ1) is 10.1. The Hall–Kier alpha value is -1.59. The van der Waals surface area contributed by atoms with Crippen LogP contribution in [0.1, 0.15) is 24.2 Å². The van der Waals surface area contributed by atoms with Crippen molar-refractivity contribution in [3.8, 4) is 11.5 Å². The van der Waals surface area contributed by atoms with Gasteiger partial charge in [0.1, 0.15) is 0 Å². The van der Waals surface area contributed by atoms with Crippen LogP contribution in [0.2, 0.25) is 0 Å². The normalized spacial score (nSPS) is 19.2. The number of Topliss-reactive ketones (excluding diaryl/α,β-unsaturated/α-hetero) is 1. The summed E-state index contributed by atoms with van der Waals surface area (Å²) in [5, 5.41) is 0. The second-order valence-electron chi connectivity index (χ2n) is 5.90. The minimum absolute atomic E-state index is 0.145. The average molecular weight is 290 g/mol. The molecule has 114 valence electrons. The largest absolute Gasteiger partial charge is 0.454 e. The van der Waals surface area contributed by atoms with Crippen LogP contribution in [0.4, 0.5) is 0 Å². The maximum absolute atomic E-state index is 12.4. The first kappa shape index (κ1) is 14.4. The van der Waals surface area contributed by atoms with E-state index in [0.29, 0.717) is 23.9 Å². The summed E-state index contributed by atoms with van der Waals surface area (Å²) in [6, 6.07) is 6.00. The molecule has 0 bridgehead atoms. The Kier molecular flexibility index (Phi) is 4.12. The number of carbonyl (C=O) groups excluding carboxylic acids is 1. The number of hydrogen-bond donors (Lipinski definition) is 0. The summed E-state index contributed by atoms with van der Waals surface area (Å²) < 4.78 is 10.6. The van der Waals surface area contributed by atoms with Crippen molar-refractivity contribution in [2.45, 2.75) is 19.9 Å². The Morgan fingerprint density at radius 1 is 1.14 bits per heavy atom. The van der Waals surface area contributed by atoms with Crippen LogP contribution >= 0.6 is 0 Å². The Bertz CT molecular complexity index is 522. The molecule has 0 N–H and O–H groups in total. The van der Waals surface area contributed by atoms with E-state index in [1.165, 1.54) is 0 Å². The quantitative estimate of drug-likeness (QED) is 0.788. The van der Waals surface area contributed by atoms with Gasteiger partial charge in [0.15, 0.2) is 17.3 Å². The maximum atomic E-state index is 12.4. The van der Waals surface area contributed by atoms with Crippen LogP contribution in [0.15, 0.2) is 18.2 Å². The molecule has 2 aliphatic rings. The van der Waals surface area contributed by atoms with Crippen LogP contribution < -0.4 is 9.47 Å².